The number of hydrogen-bond acceptors (Lipinski definition) is 10. The van der Waals surface area contributed by atoms with Gasteiger partial charge in [-0.05, 0) is 42.2 Å². The van der Waals surface area contributed by atoms with Gasteiger partial charge < -0.3 is 49.2 Å². The molecular weight excluding hydrogens is 460 g/mol. The van der Waals surface area contributed by atoms with Gasteiger partial charge in [-0.15, -0.1) is 0 Å². The second kappa shape index (κ2) is 11.0. The minimum Gasteiger partial charge on any atom is -0.493 e. The van der Waals surface area contributed by atoms with E-state index in [1.54, 1.807) is 25.3 Å². The van der Waals surface area contributed by atoms with E-state index < -0.39 is 30.7 Å². The fourth-order valence-corrected chi connectivity index (χ4v) is 4.50. The molecule has 192 valence electrons. The summed E-state index contributed by atoms with van der Waals surface area (Å²) in [4.78, 5) is 0. The molecule has 0 spiro atoms. The predicted octanol–water partition coefficient (Wildman–Crippen LogP) is 0.656. The second-order valence-corrected chi connectivity index (χ2v) is 8.65. The topological polar surface area (TPSA) is 147 Å². The van der Waals surface area contributed by atoms with Gasteiger partial charge in [0.15, 0.2) is 23.0 Å². The van der Waals surface area contributed by atoms with Crippen molar-refractivity contribution < 1.29 is 49.2 Å². The highest BCUT2D eigenvalue weighted by molar-refractivity contribution is 5.56. The van der Waals surface area contributed by atoms with E-state index in [0.717, 1.165) is 16.7 Å². The Hall–Kier alpha value is -2.60. The number of fused-ring (bicyclic) bond motifs is 1. The lowest BCUT2D eigenvalue weighted by Gasteiger charge is -2.35. The van der Waals surface area contributed by atoms with E-state index in [1.807, 2.05) is 12.1 Å². The van der Waals surface area contributed by atoms with Gasteiger partial charge in [0.05, 0.1) is 33.4 Å². The molecule has 2 aromatic rings. The van der Waals surface area contributed by atoms with Gasteiger partial charge in [0.25, 0.3) is 0 Å². The third-order valence-electron chi connectivity index (χ3n) is 6.41. The van der Waals surface area contributed by atoms with Crippen LogP contribution < -0.4 is 18.9 Å². The van der Waals surface area contributed by atoms with Crippen molar-refractivity contribution in [2.75, 3.05) is 34.0 Å². The van der Waals surface area contributed by atoms with E-state index in [4.69, 9.17) is 23.7 Å². The van der Waals surface area contributed by atoms with Crippen LogP contribution in [0.5, 0.6) is 23.0 Å². The summed E-state index contributed by atoms with van der Waals surface area (Å²) in [5, 5.41) is 49.2. The third-order valence-corrected chi connectivity index (χ3v) is 6.41. The summed E-state index contributed by atoms with van der Waals surface area (Å²) in [5.41, 5.74) is 2.54. The molecule has 10 nitrogen and oxygen atoms in total. The molecule has 6 atom stereocenters. The summed E-state index contributed by atoms with van der Waals surface area (Å²) in [6.07, 6.45) is -4.46. The van der Waals surface area contributed by atoms with Crippen molar-refractivity contribution >= 4 is 0 Å². The lowest BCUT2D eigenvalue weighted by molar-refractivity contribution is -0.242. The van der Waals surface area contributed by atoms with Gasteiger partial charge in [0.1, 0.15) is 24.4 Å². The SMILES string of the molecule is COc1cc(C2Oc3c(OC)cc(CCCO)cc3C2CO)ccc1OC1OCC(O)C(O)C1O. The molecule has 2 aliphatic rings. The minimum absolute atomic E-state index is 0.0820. The van der Waals surface area contributed by atoms with Crippen LogP contribution in [0.1, 0.15) is 35.1 Å². The van der Waals surface area contributed by atoms with Crippen molar-refractivity contribution in [3.63, 3.8) is 0 Å². The van der Waals surface area contributed by atoms with E-state index in [9.17, 15) is 25.5 Å². The first-order valence-corrected chi connectivity index (χ1v) is 11.5. The molecule has 0 aliphatic carbocycles. The maximum atomic E-state index is 10.2. The maximum Gasteiger partial charge on any atom is 0.229 e. The van der Waals surface area contributed by atoms with E-state index in [-0.39, 0.29) is 31.5 Å². The number of rotatable bonds is 9. The number of hydrogen-bond donors (Lipinski definition) is 5. The first-order valence-electron chi connectivity index (χ1n) is 11.5. The van der Waals surface area contributed by atoms with Crippen LogP contribution in [0.25, 0.3) is 0 Å². The molecule has 6 unspecified atom stereocenters. The van der Waals surface area contributed by atoms with Crippen LogP contribution in [0.15, 0.2) is 30.3 Å². The Balaban J connectivity index is 1.59. The number of aliphatic hydroxyl groups excluding tert-OH is 5. The number of aliphatic hydroxyl groups is 5. The largest absolute Gasteiger partial charge is 0.493 e. The van der Waals surface area contributed by atoms with E-state index in [1.165, 1.54) is 7.11 Å². The van der Waals surface area contributed by atoms with Gasteiger partial charge in [-0.1, -0.05) is 12.1 Å². The smallest absolute Gasteiger partial charge is 0.229 e. The molecule has 5 N–H and O–H groups in total. The van der Waals surface area contributed by atoms with Gasteiger partial charge in [-0.3, -0.25) is 0 Å². The number of aryl methyl sites for hydroxylation is 1. The van der Waals surface area contributed by atoms with Gasteiger partial charge in [-0.2, -0.15) is 0 Å². The number of benzene rings is 2. The Morgan fingerprint density at radius 1 is 0.943 bits per heavy atom. The Kier molecular flexibility index (Phi) is 8.00. The number of methoxy groups -OCH3 is 2. The molecule has 0 saturated carbocycles. The normalized spacial score (nSPS) is 27.7. The van der Waals surface area contributed by atoms with Crippen LogP contribution in [0.2, 0.25) is 0 Å². The highest BCUT2D eigenvalue weighted by Gasteiger charge is 2.40. The third kappa shape index (κ3) is 5.04. The molecule has 0 radical (unpaired) electrons. The van der Waals surface area contributed by atoms with Crippen LogP contribution in [0.3, 0.4) is 0 Å². The van der Waals surface area contributed by atoms with Crippen LogP contribution in [-0.4, -0.2) is 84.2 Å². The Bertz CT molecular complexity index is 1010. The van der Waals surface area contributed by atoms with Crippen molar-refractivity contribution in [1.29, 1.82) is 0 Å². The fraction of sp³-hybridized carbons (Fsp3) is 0.520. The lowest BCUT2D eigenvalue weighted by atomic mass is 9.90. The predicted molar refractivity (Wildman–Crippen MR) is 123 cm³/mol. The molecule has 4 rings (SSSR count). The average molecular weight is 493 g/mol. The molecule has 1 fully saturated rings. The zero-order valence-electron chi connectivity index (χ0n) is 19.7. The second-order valence-electron chi connectivity index (χ2n) is 8.65. The van der Waals surface area contributed by atoms with Gasteiger partial charge in [0.2, 0.25) is 6.29 Å². The van der Waals surface area contributed by atoms with E-state index >= 15 is 0 Å². The highest BCUT2D eigenvalue weighted by atomic mass is 16.7. The van der Waals surface area contributed by atoms with Gasteiger partial charge >= 0.3 is 0 Å². The van der Waals surface area contributed by atoms with E-state index in [0.29, 0.717) is 30.1 Å². The van der Waals surface area contributed by atoms with Crippen LogP contribution >= 0.6 is 0 Å². The van der Waals surface area contributed by atoms with Crippen molar-refractivity contribution in [3.8, 4) is 23.0 Å². The van der Waals surface area contributed by atoms with Crippen LogP contribution in [-0.2, 0) is 11.2 Å². The first kappa shape index (κ1) is 25.5. The first-order chi connectivity index (χ1) is 16.9. The van der Waals surface area contributed by atoms with Crippen LogP contribution in [0, 0.1) is 0 Å². The van der Waals surface area contributed by atoms with Crippen molar-refractivity contribution in [3.05, 3.63) is 47.0 Å². The molecule has 0 amide bonds. The monoisotopic (exact) mass is 492 g/mol. The lowest BCUT2D eigenvalue weighted by Crippen LogP contribution is -2.54. The molecule has 0 bridgehead atoms. The Morgan fingerprint density at radius 2 is 1.71 bits per heavy atom. The zero-order chi connectivity index (χ0) is 25.1. The number of ether oxygens (including phenoxy) is 5. The molecule has 10 heteroatoms. The Labute approximate surface area is 203 Å². The highest BCUT2D eigenvalue weighted by Crippen LogP contribution is 2.51. The molecule has 2 aliphatic heterocycles. The maximum absolute atomic E-state index is 10.2. The van der Waals surface area contributed by atoms with Crippen molar-refractivity contribution in [1.82, 2.24) is 0 Å². The van der Waals surface area contributed by atoms with Crippen molar-refractivity contribution in [2.24, 2.45) is 0 Å². The summed E-state index contributed by atoms with van der Waals surface area (Å²) in [6, 6.07) is 8.96. The molecule has 35 heavy (non-hydrogen) atoms. The minimum atomic E-state index is -1.44. The molecule has 2 aromatic carbocycles. The fourth-order valence-electron chi connectivity index (χ4n) is 4.50. The quantitative estimate of drug-likeness (QED) is 0.338. The van der Waals surface area contributed by atoms with Gasteiger partial charge in [-0.25, -0.2) is 0 Å². The van der Waals surface area contributed by atoms with Gasteiger partial charge in [0, 0.05) is 12.2 Å². The molecule has 0 aromatic heterocycles. The van der Waals surface area contributed by atoms with E-state index in [2.05, 4.69) is 0 Å². The average Bonchev–Trinajstić information content (AvgIpc) is 3.25. The van der Waals surface area contributed by atoms with Crippen molar-refractivity contribution in [2.45, 2.75) is 49.5 Å². The molecule has 1 saturated heterocycles. The standard InChI is InChI=1S/C25H32O10/c1-31-19-10-14(5-6-18(19)34-25-22(30)21(29)17(28)12-33-25)23-16(11-27)15-8-13(4-3-7-26)9-20(32-2)24(15)35-23/h5-6,8-10,16-17,21-23,25-30H,3-4,7,11-12H2,1-2H3. The zero-order valence-corrected chi connectivity index (χ0v) is 19.7. The summed E-state index contributed by atoms with van der Waals surface area (Å²) in [5.74, 6) is 1.38. The summed E-state index contributed by atoms with van der Waals surface area (Å²) in [6.45, 7) is -0.260. The Morgan fingerprint density at radius 3 is 2.40 bits per heavy atom. The summed E-state index contributed by atoms with van der Waals surface area (Å²) < 4.78 is 28.3. The summed E-state index contributed by atoms with van der Waals surface area (Å²) in [7, 11) is 3.02. The summed E-state index contributed by atoms with van der Waals surface area (Å²) >= 11 is 0. The molecule has 2 heterocycles. The molecular formula is C25H32O10. The van der Waals surface area contributed by atoms with Crippen LogP contribution in [0.4, 0.5) is 0 Å².